The van der Waals surface area contributed by atoms with Crippen molar-refractivity contribution in [1.82, 2.24) is 4.98 Å². The quantitative estimate of drug-likeness (QED) is 0.792. The Morgan fingerprint density at radius 3 is 2.80 bits per heavy atom. The van der Waals surface area contributed by atoms with Gasteiger partial charge in [-0.2, -0.15) is 0 Å². The van der Waals surface area contributed by atoms with E-state index in [1.165, 1.54) is 0 Å². The molecule has 0 spiro atoms. The highest BCUT2D eigenvalue weighted by atomic mass is 16.5. The topological polar surface area (TPSA) is 61.3 Å². The predicted octanol–water partition coefficient (Wildman–Crippen LogP) is 3.19. The first-order valence-corrected chi connectivity index (χ1v) is 6.44. The zero-order valence-electron chi connectivity index (χ0n) is 11.5. The number of aryl methyl sites for hydroxylation is 1. The van der Waals surface area contributed by atoms with E-state index in [0.717, 1.165) is 28.1 Å². The molecule has 1 unspecified atom stereocenters. The molecule has 2 aromatic heterocycles. The van der Waals surface area contributed by atoms with Crippen molar-refractivity contribution < 1.29 is 9.15 Å². The van der Waals surface area contributed by atoms with Gasteiger partial charge in [0.25, 0.3) is 0 Å². The molecule has 0 bridgehead atoms. The van der Waals surface area contributed by atoms with Crippen LogP contribution < -0.4 is 10.5 Å². The Hall–Kier alpha value is -2.33. The predicted molar refractivity (Wildman–Crippen MR) is 77.8 cm³/mol. The maximum absolute atomic E-state index is 6.29. The van der Waals surface area contributed by atoms with Crippen molar-refractivity contribution in [3.05, 3.63) is 59.5 Å². The number of para-hydroxylation sites is 1. The van der Waals surface area contributed by atoms with Gasteiger partial charge in [-0.3, -0.25) is 0 Å². The van der Waals surface area contributed by atoms with Crippen molar-refractivity contribution in [3.63, 3.8) is 0 Å². The lowest BCUT2D eigenvalue weighted by Crippen LogP contribution is -2.12. The molecule has 0 aliphatic heterocycles. The summed E-state index contributed by atoms with van der Waals surface area (Å²) in [6.07, 6.45) is 0. The summed E-state index contributed by atoms with van der Waals surface area (Å²) in [4.78, 5) is 4.43. The Kier molecular flexibility index (Phi) is 3.16. The second-order valence-corrected chi connectivity index (χ2v) is 4.70. The molecule has 0 aliphatic carbocycles. The maximum atomic E-state index is 6.29. The van der Waals surface area contributed by atoms with Gasteiger partial charge in [0.05, 0.1) is 13.2 Å². The fourth-order valence-electron chi connectivity index (χ4n) is 2.27. The van der Waals surface area contributed by atoms with Crippen LogP contribution in [0.5, 0.6) is 5.75 Å². The SMILES string of the molecule is COc1ccccc1C(N)c1cc2nc(C)ccc2o1. The van der Waals surface area contributed by atoms with Crippen LogP contribution in [0, 0.1) is 6.92 Å². The van der Waals surface area contributed by atoms with Crippen LogP contribution in [0.2, 0.25) is 0 Å². The molecule has 0 fully saturated rings. The molecular formula is C16H16N2O2. The molecule has 0 amide bonds. The zero-order valence-corrected chi connectivity index (χ0v) is 11.5. The molecule has 2 N–H and O–H groups in total. The first kappa shape index (κ1) is 12.7. The van der Waals surface area contributed by atoms with Crippen LogP contribution in [0.25, 0.3) is 11.1 Å². The summed E-state index contributed by atoms with van der Waals surface area (Å²) in [5.41, 5.74) is 9.71. The fourth-order valence-corrected chi connectivity index (χ4v) is 2.27. The van der Waals surface area contributed by atoms with Crippen LogP contribution in [0.4, 0.5) is 0 Å². The summed E-state index contributed by atoms with van der Waals surface area (Å²) in [6.45, 7) is 1.95. The first-order valence-electron chi connectivity index (χ1n) is 6.44. The molecule has 0 saturated carbocycles. The van der Waals surface area contributed by atoms with Crippen molar-refractivity contribution in [2.75, 3.05) is 7.11 Å². The number of methoxy groups -OCH3 is 1. The van der Waals surface area contributed by atoms with Gasteiger partial charge >= 0.3 is 0 Å². The van der Waals surface area contributed by atoms with Gasteiger partial charge in [-0.25, -0.2) is 4.98 Å². The highest BCUT2D eigenvalue weighted by Gasteiger charge is 2.18. The summed E-state index contributed by atoms with van der Waals surface area (Å²) in [7, 11) is 1.63. The molecule has 3 rings (SSSR count). The number of nitrogens with zero attached hydrogens (tertiary/aromatic N) is 1. The number of aromatic nitrogens is 1. The number of furan rings is 1. The van der Waals surface area contributed by atoms with Crippen LogP contribution >= 0.6 is 0 Å². The Labute approximate surface area is 117 Å². The minimum atomic E-state index is -0.374. The third-order valence-corrected chi connectivity index (χ3v) is 3.31. The molecule has 0 aliphatic rings. The van der Waals surface area contributed by atoms with E-state index in [0.29, 0.717) is 5.76 Å². The average Bonchev–Trinajstić information content (AvgIpc) is 2.89. The summed E-state index contributed by atoms with van der Waals surface area (Å²) in [6, 6.07) is 13.0. The second kappa shape index (κ2) is 4.98. The van der Waals surface area contributed by atoms with Gasteiger partial charge in [-0.15, -0.1) is 0 Å². The molecule has 3 aromatic rings. The van der Waals surface area contributed by atoms with Gasteiger partial charge in [0.2, 0.25) is 0 Å². The molecule has 1 atom stereocenters. The van der Waals surface area contributed by atoms with E-state index in [4.69, 9.17) is 14.9 Å². The lowest BCUT2D eigenvalue weighted by molar-refractivity contribution is 0.404. The summed E-state index contributed by atoms with van der Waals surface area (Å²) in [5.74, 6) is 1.44. The Morgan fingerprint density at radius 2 is 2.00 bits per heavy atom. The van der Waals surface area contributed by atoms with Gasteiger partial charge in [-0.1, -0.05) is 18.2 Å². The lowest BCUT2D eigenvalue weighted by atomic mass is 10.0. The molecule has 1 aromatic carbocycles. The monoisotopic (exact) mass is 268 g/mol. The largest absolute Gasteiger partial charge is 0.496 e. The Balaban J connectivity index is 2.05. The molecule has 4 heteroatoms. The van der Waals surface area contributed by atoms with E-state index in [9.17, 15) is 0 Å². The molecule has 102 valence electrons. The van der Waals surface area contributed by atoms with Crippen LogP contribution in [-0.2, 0) is 0 Å². The minimum Gasteiger partial charge on any atom is -0.496 e. The van der Waals surface area contributed by atoms with E-state index in [-0.39, 0.29) is 6.04 Å². The van der Waals surface area contributed by atoms with Crippen molar-refractivity contribution in [2.45, 2.75) is 13.0 Å². The highest BCUT2D eigenvalue weighted by Crippen LogP contribution is 2.30. The maximum Gasteiger partial charge on any atom is 0.152 e. The van der Waals surface area contributed by atoms with Crippen LogP contribution in [0.3, 0.4) is 0 Å². The third kappa shape index (κ3) is 2.14. The zero-order chi connectivity index (χ0) is 14.1. The summed E-state index contributed by atoms with van der Waals surface area (Å²) < 4.78 is 11.1. The van der Waals surface area contributed by atoms with Gasteiger partial charge < -0.3 is 14.9 Å². The van der Waals surface area contributed by atoms with Crippen molar-refractivity contribution in [1.29, 1.82) is 0 Å². The minimum absolute atomic E-state index is 0.374. The number of benzene rings is 1. The number of rotatable bonds is 3. The highest BCUT2D eigenvalue weighted by molar-refractivity contribution is 5.73. The standard InChI is InChI=1S/C16H16N2O2/c1-10-7-8-14-12(18-10)9-15(20-14)16(17)11-5-3-4-6-13(11)19-2/h3-9,16H,17H2,1-2H3. The molecule has 2 heterocycles. The van der Waals surface area contributed by atoms with Crippen LogP contribution in [0.15, 0.2) is 46.9 Å². The van der Waals surface area contributed by atoms with E-state index in [2.05, 4.69) is 4.98 Å². The van der Waals surface area contributed by atoms with E-state index >= 15 is 0 Å². The first-order chi connectivity index (χ1) is 9.69. The van der Waals surface area contributed by atoms with E-state index in [1.54, 1.807) is 7.11 Å². The Bertz CT molecular complexity index is 749. The third-order valence-electron chi connectivity index (χ3n) is 3.31. The number of nitrogens with two attached hydrogens (primary N) is 1. The molecule has 0 radical (unpaired) electrons. The average molecular weight is 268 g/mol. The van der Waals surface area contributed by atoms with Crippen LogP contribution in [-0.4, -0.2) is 12.1 Å². The summed E-state index contributed by atoms with van der Waals surface area (Å²) >= 11 is 0. The molecule has 0 saturated heterocycles. The number of pyridine rings is 1. The number of hydrogen-bond donors (Lipinski definition) is 1. The number of hydrogen-bond acceptors (Lipinski definition) is 4. The van der Waals surface area contributed by atoms with Crippen molar-refractivity contribution >= 4 is 11.1 Å². The molecule has 20 heavy (non-hydrogen) atoms. The molecular weight excluding hydrogens is 252 g/mol. The van der Waals surface area contributed by atoms with Crippen molar-refractivity contribution in [2.24, 2.45) is 5.73 Å². The number of fused-ring (bicyclic) bond motifs is 1. The van der Waals surface area contributed by atoms with E-state index < -0.39 is 0 Å². The second-order valence-electron chi connectivity index (χ2n) is 4.70. The lowest BCUT2D eigenvalue weighted by Gasteiger charge is -2.13. The molecule has 4 nitrogen and oxygen atoms in total. The Morgan fingerprint density at radius 1 is 1.20 bits per heavy atom. The van der Waals surface area contributed by atoms with E-state index in [1.807, 2.05) is 49.4 Å². The van der Waals surface area contributed by atoms with Gasteiger partial charge in [0, 0.05) is 17.3 Å². The number of ether oxygens (including phenoxy) is 1. The van der Waals surface area contributed by atoms with Crippen molar-refractivity contribution in [3.8, 4) is 5.75 Å². The van der Waals surface area contributed by atoms with Gasteiger partial charge in [-0.05, 0) is 25.1 Å². The smallest absolute Gasteiger partial charge is 0.152 e. The van der Waals surface area contributed by atoms with Gasteiger partial charge in [0.15, 0.2) is 5.58 Å². The normalized spacial score (nSPS) is 12.6. The van der Waals surface area contributed by atoms with Crippen LogP contribution in [0.1, 0.15) is 23.1 Å². The van der Waals surface area contributed by atoms with Gasteiger partial charge in [0.1, 0.15) is 17.0 Å². The fraction of sp³-hybridized carbons (Fsp3) is 0.188. The summed E-state index contributed by atoms with van der Waals surface area (Å²) in [5, 5.41) is 0.